The predicted octanol–water partition coefficient (Wildman–Crippen LogP) is 3.94. The van der Waals surface area contributed by atoms with E-state index in [-0.39, 0.29) is 0 Å². The molecule has 0 bridgehead atoms. The molecule has 1 heteroatoms. The topological polar surface area (TPSA) is 12.0 Å². The van der Waals surface area contributed by atoms with Crippen molar-refractivity contribution >= 4 is 0 Å². The SMILES string of the molecule is CNC1CCC2(CCCCC2)c2ccccc21. The minimum Gasteiger partial charge on any atom is -0.313 e. The van der Waals surface area contributed by atoms with Crippen molar-refractivity contribution in [2.75, 3.05) is 7.05 Å². The van der Waals surface area contributed by atoms with Crippen LogP contribution in [0, 0.1) is 0 Å². The van der Waals surface area contributed by atoms with E-state index in [1.807, 2.05) is 0 Å². The average Bonchev–Trinajstić information content (AvgIpc) is 2.41. The third kappa shape index (κ3) is 1.81. The fourth-order valence-corrected chi connectivity index (χ4v) is 4.04. The molecule has 1 nitrogen and oxygen atoms in total. The lowest BCUT2D eigenvalue weighted by atomic mass is 9.61. The lowest BCUT2D eigenvalue weighted by Gasteiger charge is -2.44. The van der Waals surface area contributed by atoms with E-state index in [4.69, 9.17) is 0 Å². The van der Waals surface area contributed by atoms with Gasteiger partial charge in [0, 0.05) is 6.04 Å². The van der Waals surface area contributed by atoms with Gasteiger partial charge in [-0.05, 0) is 49.3 Å². The van der Waals surface area contributed by atoms with Crippen LogP contribution in [0.4, 0.5) is 0 Å². The molecule has 1 N–H and O–H groups in total. The Morgan fingerprint density at radius 3 is 2.59 bits per heavy atom. The summed E-state index contributed by atoms with van der Waals surface area (Å²) in [4.78, 5) is 0. The van der Waals surface area contributed by atoms with Gasteiger partial charge in [0.2, 0.25) is 0 Å². The summed E-state index contributed by atoms with van der Waals surface area (Å²) in [6.45, 7) is 0. The van der Waals surface area contributed by atoms with Gasteiger partial charge in [-0.25, -0.2) is 0 Å². The molecule has 1 saturated carbocycles. The lowest BCUT2D eigenvalue weighted by Crippen LogP contribution is -2.37. The molecule has 0 aromatic heterocycles. The summed E-state index contributed by atoms with van der Waals surface area (Å²) in [5.74, 6) is 0. The van der Waals surface area contributed by atoms with Gasteiger partial charge >= 0.3 is 0 Å². The fourth-order valence-electron chi connectivity index (χ4n) is 4.04. The van der Waals surface area contributed by atoms with Crippen LogP contribution < -0.4 is 5.32 Å². The van der Waals surface area contributed by atoms with E-state index in [0.717, 1.165) is 0 Å². The van der Waals surface area contributed by atoms with Crippen molar-refractivity contribution in [3.05, 3.63) is 35.4 Å². The van der Waals surface area contributed by atoms with Crippen LogP contribution in [0.3, 0.4) is 0 Å². The second-order valence-corrected chi connectivity index (χ2v) is 5.81. The molecule has 0 saturated heterocycles. The van der Waals surface area contributed by atoms with E-state index in [2.05, 4.69) is 36.6 Å². The summed E-state index contributed by atoms with van der Waals surface area (Å²) in [5.41, 5.74) is 3.76. The van der Waals surface area contributed by atoms with E-state index in [1.54, 1.807) is 11.1 Å². The molecule has 17 heavy (non-hydrogen) atoms. The number of fused-ring (bicyclic) bond motifs is 2. The van der Waals surface area contributed by atoms with E-state index < -0.39 is 0 Å². The zero-order valence-electron chi connectivity index (χ0n) is 10.8. The van der Waals surface area contributed by atoms with Gasteiger partial charge in [-0.3, -0.25) is 0 Å². The molecule has 0 heterocycles. The van der Waals surface area contributed by atoms with E-state index in [1.165, 1.54) is 44.9 Å². The molecular weight excluding hydrogens is 206 g/mol. The van der Waals surface area contributed by atoms with Gasteiger partial charge in [0.25, 0.3) is 0 Å². The minimum atomic E-state index is 0.530. The highest BCUT2D eigenvalue weighted by molar-refractivity contribution is 5.39. The quantitative estimate of drug-likeness (QED) is 0.769. The van der Waals surface area contributed by atoms with Crippen LogP contribution in [0.1, 0.15) is 62.1 Å². The molecule has 1 fully saturated rings. The maximum atomic E-state index is 3.48. The van der Waals surface area contributed by atoms with Gasteiger partial charge in [0.15, 0.2) is 0 Å². The first-order valence-electron chi connectivity index (χ1n) is 7.12. The average molecular weight is 229 g/mol. The van der Waals surface area contributed by atoms with Gasteiger partial charge in [-0.15, -0.1) is 0 Å². The Morgan fingerprint density at radius 1 is 1.06 bits per heavy atom. The Labute approximate surface area is 105 Å². The number of benzene rings is 1. The van der Waals surface area contributed by atoms with Gasteiger partial charge in [-0.2, -0.15) is 0 Å². The molecule has 1 atom stereocenters. The third-order valence-electron chi connectivity index (χ3n) is 4.98. The Morgan fingerprint density at radius 2 is 1.82 bits per heavy atom. The third-order valence-corrected chi connectivity index (χ3v) is 4.98. The second kappa shape index (κ2) is 4.45. The summed E-state index contributed by atoms with van der Waals surface area (Å²) >= 11 is 0. The standard InChI is InChI=1S/C16H23N/c1-17-15-9-12-16(10-5-2-6-11-16)14-8-4-3-7-13(14)15/h3-4,7-8,15,17H,2,5-6,9-12H2,1H3. The highest BCUT2D eigenvalue weighted by Gasteiger charge is 2.39. The van der Waals surface area contributed by atoms with Crippen molar-refractivity contribution in [3.8, 4) is 0 Å². The first-order chi connectivity index (χ1) is 8.36. The molecule has 0 aliphatic heterocycles. The zero-order chi connectivity index (χ0) is 11.7. The molecule has 92 valence electrons. The minimum absolute atomic E-state index is 0.530. The zero-order valence-corrected chi connectivity index (χ0v) is 10.8. The van der Waals surface area contributed by atoms with Gasteiger partial charge in [-0.1, -0.05) is 43.5 Å². The van der Waals surface area contributed by atoms with Crippen LogP contribution in [0.25, 0.3) is 0 Å². The Balaban J connectivity index is 2.03. The van der Waals surface area contributed by atoms with E-state index in [9.17, 15) is 0 Å². The number of hydrogen-bond donors (Lipinski definition) is 1. The van der Waals surface area contributed by atoms with Crippen LogP contribution in [0.15, 0.2) is 24.3 Å². The van der Waals surface area contributed by atoms with E-state index in [0.29, 0.717) is 11.5 Å². The number of hydrogen-bond acceptors (Lipinski definition) is 1. The summed E-state index contributed by atoms with van der Waals surface area (Å²) < 4.78 is 0. The van der Waals surface area contributed by atoms with Crippen LogP contribution >= 0.6 is 0 Å². The summed E-state index contributed by atoms with van der Waals surface area (Å²) in [7, 11) is 2.10. The van der Waals surface area contributed by atoms with Crippen LogP contribution in [0.5, 0.6) is 0 Å². The Bertz CT molecular complexity index is 390. The van der Waals surface area contributed by atoms with Crippen molar-refractivity contribution in [2.45, 2.75) is 56.4 Å². The van der Waals surface area contributed by atoms with Crippen molar-refractivity contribution in [1.82, 2.24) is 5.32 Å². The number of nitrogens with one attached hydrogen (secondary N) is 1. The van der Waals surface area contributed by atoms with Gasteiger partial charge < -0.3 is 5.32 Å². The Hall–Kier alpha value is -0.820. The van der Waals surface area contributed by atoms with Crippen molar-refractivity contribution in [3.63, 3.8) is 0 Å². The summed E-state index contributed by atoms with van der Waals surface area (Å²) in [5, 5.41) is 3.48. The summed E-state index contributed by atoms with van der Waals surface area (Å²) in [6.07, 6.45) is 9.83. The molecule has 3 rings (SSSR count). The molecule has 1 spiro atoms. The van der Waals surface area contributed by atoms with Crippen LogP contribution in [-0.2, 0) is 5.41 Å². The van der Waals surface area contributed by atoms with Crippen molar-refractivity contribution in [2.24, 2.45) is 0 Å². The highest BCUT2D eigenvalue weighted by atomic mass is 14.9. The van der Waals surface area contributed by atoms with Crippen LogP contribution in [-0.4, -0.2) is 7.05 Å². The predicted molar refractivity (Wildman–Crippen MR) is 72.2 cm³/mol. The first kappa shape index (κ1) is 11.3. The molecule has 1 unspecified atom stereocenters. The monoisotopic (exact) mass is 229 g/mol. The molecule has 0 radical (unpaired) electrons. The molecule has 2 aliphatic carbocycles. The largest absolute Gasteiger partial charge is 0.313 e. The number of rotatable bonds is 1. The van der Waals surface area contributed by atoms with Crippen LogP contribution in [0.2, 0.25) is 0 Å². The normalized spacial score (nSPS) is 26.8. The lowest BCUT2D eigenvalue weighted by molar-refractivity contribution is 0.237. The molecule has 2 aliphatic rings. The molecule has 0 amide bonds. The molecular formula is C16H23N. The van der Waals surface area contributed by atoms with Crippen molar-refractivity contribution in [1.29, 1.82) is 0 Å². The smallest absolute Gasteiger partial charge is 0.0320 e. The van der Waals surface area contributed by atoms with Gasteiger partial charge in [0.1, 0.15) is 0 Å². The summed E-state index contributed by atoms with van der Waals surface area (Å²) in [6, 6.07) is 9.74. The molecule has 1 aromatic rings. The van der Waals surface area contributed by atoms with Crippen molar-refractivity contribution < 1.29 is 0 Å². The first-order valence-corrected chi connectivity index (χ1v) is 7.12. The fraction of sp³-hybridized carbons (Fsp3) is 0.625. The highest BCUT2D eigenvalue weighted by Crippen LogP contribution is 2.49. The Kier molecular flexibility index (Phi) is 2.96. The molecule has 1 aromatic carbocycles. The maximum absolute atomic E-state index is 3.48. The van der Waals surface area contributed by atoms with E-state index >= 15 is 0 Å². The maximum Gasteiger partial charge on any atom is 0.0320 e. The van der Waals surface area contributed by atoms with Gasteiger partial charge in [0.05, 0.1) is 0 Å². The second-order valence-electron chi connectivity index (χ2n) is 5.81.